The molecule has 6 aliphatic rings. The Balaban J connectivity index is 1.37. The second-order valence-corrected chi connectivity index (χ2v) is 9.01. The third kappa shape index (κ3) is 1.62. The van der Waals surface area contributed by atoms with Crippen LogP contribution >= 0.6 is 0 Å². The molecule has 0 radical (unpaired) electrons. The Labute approximate surface area is 169 Å². The van der Waals surface area contributed by atoms with Crippen LogP contribution in [0.15, 0.2) is 72.8 Å². The van der Waals surface area contributed by atoms with Gasteiger partial charge in [-0.15, -0.1) is 0 Å². The van der Waals surface area contributed by atoms with Crippen molar-refractivity contribution in [2.75, 3.05) is 13.2 Å². The van der Waals surface area contributed by atoms with Crippen LogP contribution in [0.2, 0.25) is 0 Å². The molecule has 2 nitrogen and oxygen atoms in total. The fraction of sp³-hybridized carbons (Fsp3) is 0.259. The smallest absolute Gasteiger partial charge is 0.195 e. The van der Waals surface area contributed by atoms with Gasteiger partial charge in [-0.25, -0.2) is 0 Å². The monoisotopic (exact) mass is 376 g/mol. The molecule has 0 saturated carbocycles. The molecule has 140 valence electrons. The van der Waals surface area contributed by atoms with Gasteiger partial charge >= 0.3 is 0 Å². The first-order valence-corrected chi connectivity index (χ1v) is 10.7. The van der Waals surface area contributed by atoms with Crippen LogP contribution in [-0.4, -0.2) is 19.0 Å². The lowest BCUT2D eigenvalue weighted by atomic mass is 9.57. The van der Waals surface area contributed by atoms with Crippen molar-refractivity contribution in [3.05, 3.63) is 117 Å². The minimum atomic E-state index is -0.518. The van der Waals surface area contributed by atoms with Crippen LogP contribution in [0.5, 0.6) is 0 Å². The first-order chi connectivity index (χ1) is 14.4. The average molecular weight is 376 g/mol. The van der Waals surface area contributed by atoms with Crippen LogP contribution in [0, 0.1) is 0 Å². The molecule has 3 aromatic rings. The van der Waals surface area contributed by atoms with Crippen molar-refractivity contribution in [3.63, 3.8) is 0 Å². The average Bonchev–Trinajstić information content (AvgIpc) is 3.36. The first-order valence-electron chi connectivity index (χ1n) is 10.7. The molecule has 1 saturated heterocycles. The minimum absolute atomic E-state index is 0.316. The lowest BCUT2D eigenvalue weighted by Crippen LogP contribution is -2.40. The third-order valence-electron chi connectivity index (χ3n) is 7.91. The summed E-state index contributed by atoms with van der Waals surface area (Å²) in [4.78, 5) is 0. The number of hydrogen-bond acceptors (Lipinski definition) is 2. The van der Waals surface area contributed by atoms with E-state index in [0.29, 0.717) is 36.9 Å². The van der Waals surface area contributed by atoms with E-state index in [9.17, 15) is 0 Å². The van der Waals surface area contributed by atoms with Gasteiger partial charge in [0, 0.05) is 17.8 Å². The predicted octanol–water partition coefficient (Wildman–Crippen LogP) is 5.17. The van der Waals surface area contributed by atoms with Gasteiger partial charge in [-0.3, -0.25) is 0 Å². The third-order valence-corrected chi connectivity index (χ3v) is 7.91. The summed E-state index contributed by atoms with van der Waals surface area (Å²) < 4.78 is 12.2. The van der Waals surface area contributed by atoms with E-state index in [1.54, 1.807) is 0 Å². The van der Waals surface area contributed by atoms with Crippen molar-refractivity contribution >= 4 is 0 Å². The molecule has 2 unspecified atom stereocenters. The zero-order chi connectivity index (χ0) is 18.7. The van der Waals surface area contributed by atoms with E-state index >= 15 is 0 Å². The lowest BCUT2D eigenvalue weighted by molar-refractivity contribution is -0.135. The largest absolute Gasteiger partial charge is 0.343 e. The maximum Gasteiger partial charge on any atom is 0.195 e. The van der Waals surface area contributed by atoms with Gasteiger partial charge < -0.3 is 9.47 Å². The van der Waals surface area contributed by atoms with E-state index in [2.05, 4.69) is 72.8 Å². The molecule has 1 spiro atoms. The van der Waals surface area contributed by atoms with Gasteiger partial charge in [-0.2, -0.15) is 0 Å². The first kappa shape index (κ1) is 15.2. The van der Waals surface area contributed by atoms with Crippen LogP contribution < -0.4 is 0 Å². The highest BCUT2D eigenvalue weighted by molar-refractivity contribution is 5.71. The van der Waals surface area contributed by atoms with Crippen LogP contribution in [0.3, 0.4) is 0 Å². The second kappa shape index (κ2) is 4.89. The SMILES string of the molecule is C1=CC2(OCCO2)C2c3cc4c(cc3C12)C1c2ccccc2C4c2ccccc21. The standard InChI is InChI=1S/C27H20O2/c1-3-7-17-15(5-1)24-16-6-2-4-8-18(16)25(17)22-14-23-20(13-21(22)24)19-9-10-27(26(19)23)28-11-12-29-27/h1-10,13-14,19,24-26H,11-12H2. The molecule has 2 bridgehead atoms. The summed E-state index contributed by atoms with van der Waals surface area (Å²) in [6.07, 6.45) is 4.49. The fourth-order valence-electron chi connectivity index (χ4n) is 6.82. The topological polar surface area (TPSA) is 18.5 Å². The van der Waals surface area contributed by atoms with Crippen molar-refractivity contribution in [2.24, 2.45) is 0 Å². The van der Waals surface area contributed by atoms with E-state index in [1.807, 2.05) is 0 Å². The molecule has 29 heavy (non-hydrogen) atoms. The van der Waals surface area contributed by atoms with Gasteiger partial charge in [0.05, 0.1) is 19.1 Å². The minimum Gasteiger partial charge on any atom is -0.343 e. The Morgan fingerprint density at radius 2 is 1.14 bits per heavy atom. The highest BCUT2D eigenvalue weighted by Gasteiger charge is 2.57. The summed E-state index contributed by atoms with van der Waals surface area (Å²) in [5.41, 5.74) is 11.8. The molecule has 1 aliphatic heterocycles. The Kier molecular flexibility index (Phi) is 2.56. The zero-order valence-corrected chi connectivity index (χ0v) is 16.0. The van der Waals surface area contributed by atoms with Crippen LogP contribution in [0.4, 0.5) is 0 Å². The quantitative estimate of drug-likeness (QED) is 0.347. The van der Waals surface area contributed by atoms with E-state index in [0.717, 1.165) is 0 Å². The fourth-order valence-corrected chi connectivity index (χ4v) is 6.82. The summed E-state index contributed by atoms with van der Waals surface area (Å²) in [5, 5.41) is 0. The van der Waals surface area contributed by atoms with Gasteiger partial charge in [0.25, 0.3) is 0 Å². The zero-order valence-electron chi connectivity index (χ0n) is 16.0. The van der Waals surface area contributed by atoms with Crippen LogP contribution in [0.1, 0.15) is 68.2 Å². The van der Waals surface area contributed by atoms with Crippen molar-refractivity contribution in [1.29, 1.82) is 0 Å². The number of ether oxygens (including phenoxy) is 2. The van der Waals surface area contributed by atoms with Crippen molar-refractivity contribution < 1.29 is 9.47 Å². The number of hydrogen-bond donors (Lipinski definition) is 0. The predicted molar refractivity (Wildman–Crippen MR) is 110 cm³/mol. The summed E-state index contributed by atoms with van der Waals surface area (Å²) in [6, 6.07) is 23.1. The highest BCUT2D eigenvalue weighted by Crippen LogP contribution is 2.63. The molecular formula is C27H20O2. The van der Waals surface area contributed by atoms with Crippen molar-refractivity contribution in [2.45, 2.75) is 29.5 Å². The van der Waals surface area contributed by atoms with E-state index < -0.39 is 5.79 Å². The number of benzene rings is 3. The van der Waals surface area contributed by atoms with Gasteiger partial charge in [-0.05, 0) is 50.6 Å². The molecule has 2 atom stereocenters. The maximum absolute atomic E-state index is 6.10. The van der Waals surface area contributed by atoms with Crippen molar-refractivity contribution in [3.8, 4) is 0 Å². The molecule has 5 aliphatic carbocycles. The van der Waals surface area contributed by atoms with Crippen molar-refractivity contribution in [1.82, 2.24) is 0 Å². The van der Waals surface area contributed by atoms with Gasteiger partial charge in [-0.1, -0.05) is 66.7 Å². The molecule has 0 N–H and O–H groups in total. The number of fused-ring (bicyclic) bond motifs is 5. The summed E-state index contributed by atoms with van der Waals surface area (Å²) in [5.74, 6) is 0.915. The molecule has 0 aromatic heterocycles. The lowest BCUT2D eigenvalue weighted by Gasteiger charge is -2.47. The molecule has 0 amide bonds. The van der Waals surface area contributed by atoms with E-state index in [-0.39, 0.29) is 0 Å². The molecule has 1 heterocycles. The van der Waals surface area contributed by atoms with Crippen LogP contribution in [0.25, 0.3) is 0 Å². The van der Waals surface area contributed by atoms with E-state index in [1.165, 1.54) is 44.5 Å². The molecule has 2 heteroatoms. The number of allylic oxidation sites excluding steroid dienone is 1. The maximum atomic E-state index is 6.10. The Hall–Kier alpha value is -2.68. The van der Waals surface area contributed by atoms with E-state index in [4.69, 9.17) is 9.47 Å². The van der Waals surface area contributed by atoms with Gasteiger partial charge in [0.15, 0.2) is 5.79 Å². The summed E-state index contributed by atoms with van der Waals surface area (Å²) in [6.45, 7) is 1.39. The number of rotatable bonds is 0. The summed E-state index contributed by atoms with van der Waals surface area (Å²) in [7, 11) is 0. The Bertz CT molecular complexity index is 1200. The molecule has 9 rings (SSSR count). The molecule has 3 aromatic carbocycles. The Morgan fingerprint density at radius 1 is 0.621 bits per heavy atom. The summed E-state index contributed by atoms with van der Waals surface area (Å²) >= 11 is 0. The molecular weight excluding hydrogens is 356 g/mol. The highest BCUT2D eigenvalue weighted by atomic mass is 16.7. The normalized spacial score (nSPS) is 30.3. The van der Waals surface area contributed by atoms with Gasteiger partial charge in [0.2, 0.25) is 0 Å². The second-order valence-electron chi connectivity index (χ2n) is 9.01. The van der Waals surface area contributed by atoms with Gasteiger partial charge in [0.1, 0.15) is 0 Å². The van der Waals surface area contributed by atoms with Crippen LogP contribution in [-0.2, 0) is 9.47 Å². The Morgan fingerprint density at radius 3 is 1.69 bits per heavy atom. The molecule has 1 fully saturated rings.